The van der Waals surface area contributed by atoms with Gasteiger partial charge in [0, 0.05) is 16.7 Å². The summed E-state index contributed by atoms with van der Waals surface area (Å²) < 4.78 is 1.73. The minimum Gasteiger partial charge on any atom is -0.493 e. The molecule has 119 heavy (non-hydrogen) atoms. The fraction of sp³-hybridized carbons (Fsp3) is 0.828. The maximum Gasteiger partial charge on any atom is 2.00 e. The molecule has 1 aliphatic rings. The van der Waals surface area contributed by atoms with E-state index in [0.29, 0.717) is 0 Å². The van der Waals surface area contributed by atoms with E-state index in [9.17, 15) is 5.53 Å². The maximum absolute atomic E-state index is 13.2. The number of hydrogen-bond acceptors (Lipinski definition) is 0. The fourth-order valence-corrected chi connectivity index (χ4v) is 18.6. The van der Waals surface area contributed by atoms with Gasteiger partial charge in [-0.2, -0.15) is 12.8 Å². The van der Waals surface area contributed by atoms with Gasteiger partial charge in [-0.25, -0.2) is 4.70 Å². The van der Waals surface area contributed by atoms with E-state index in [1.54, 1.807) is 38.1 Å². The van der Waals surface area contributed by atoms with E-state index in [1.807, 2.05) is 0 Å². The minimum absolute atomic E-state index is 0. The largest absolute Gasteiger partial charge is 2.00 e. The van der Waals surface area contributed by atoms with Gasteiger partial charge >= 0.3 is 20.4 Å². The van der Waals surface area contributed by atoms with Crippen LogP contribution in [0.25, 0.3) is 16.9 Å². The first-order valence-corrected chi connectivity index (χ1v) is 54.8. The number of unbranched alkanes of at least 4 members (excludes halogenated alkanes) is 69. The van der Waals surface area contributed by atoms with Crippen molar-refractivity contribution in [2.75, 3.05) is 0 Å². The number of nitrogens with zero attached hydrogens (tertiary/aromatic N) is 2. The van der Waals surface area contributed by atoms with Crippen LogP contribution in [0.15, 0.2) is 47.6 Å². The molecule has 2 aromatic rings. The topological polar surface area (TPSA) is 25.3 Å². The van der Waals surface area contributed by atoms with Crippen LogP contribution in [0.5, 0.6) is 0 Å². The number of hydrogen-bond donors (Lipinski definition) is 0. The molecule has 0 fully saturated rings. The predicted octanol–water partition coefficient (Wildman–Crippen LogP) is 41.7. The average molecular weight is 1740 g/mol. The fourth-order valence-electron chi connectivity index (χ4n) is 18.6. The van der Waals surface area contributed by atoms with Gasteiger partial charge in [0.2, 0.25) is 11.4 Å². The Hall–Kier alpha value is -2.08. The van der Waals surface area contributed by atoms with Gasteiger partial charge in [-0.1, -0.05) is 518 Å². The summed E-state index contributed by atoms with van der Waals surface area (Å²) in [6.45, 7) is 31.1. The second kappa shape index (κ2) is 92.1. The smallest absolute Gasteiger partial charge is 0.493 e. The molecule has 1 aliphatic heterocycles. The summed E-state index contributed by atoms with van der Waals surface area (Å²) >= 11 is 0. The molecule has 2 aromatic carbocycles. The Balaban J connectivity index is 0.00000250. The molecule has 0 saturated heterocycles. The van der Waals surface area contributed by atoms with E-state index in [4.69, 9.17) is 0 Å². The third-order valence-electron chi connectivity index (χ3n) is 26.5. The van der Waals surface area contributed by atoms with Crippen molar-refractivity contribution in [3.05, 3.63) is 111 Å². The van der Waals surface area contributed by atoms with Gasteiger partial charge in [-0.15, -0.1) is 0 Å². The van der Waals surface area contributed by atoms with E-state index in [0.717, 1.165) is 69.2 Å². The Labute approximate surface area is 764 Å². The van der Waals surface area contributed by atoms with Crippen molar-refractivity contribution in [3.8, 4) is 0 Å². The van der Waals surface area contributed by atoms with Crippen LogP contribution in [0.2, 0.25) is 0 Å². The summed E-state index contributed by atoms with van der Waals surface area (Å²) in [6, 6.07) is 10.2. The summed E-state index contributed by atoms with van der Waals surface area (Å²) in [6.07, 6.45) is 122. The molecule has 0 spiro atoms. The first-order chi connectivity index (χ1) is 58.3. The summed E-state index contributed by atoms with van der Waals surface area (Å²) in [5.41, 5.74) is 29.9. The molecule has 3 rings (SSSR count). The summed E-state index contributed by atoms with van der Waals surface area (Å²) in [4.78, 5) is 0. The summed E-state index contributed by atoms with van der Waals surface area (Å²) in [7, 11) is 0. The standard InChI is InChI=1S/C72H122N2.2C22H45.Pd/c1-9-17-25-28-29-30-31-32-33-34-35-36-37-38-39-40-41-42-43-44-48-56-70-69(55-45-20-12-4)71(65-57-61(49-21-13-5)67(53-46-26-18-10-2)62(58-65)50-22-14-6)74(73)72(70)66-59-63(51-23-15-7)68(54-47-27-19-11-3)64(60-66)52-24-16-8;2*1-3-5-7-9-11-13-15-17-19-21-22-20-18-16-14-12-10-8-6-4-2;/h48,56-60H,9-47,49-55H2,1-8H3;2*1,3-22H2,2H3;/q;2*-1;+2. The van der Waals surface area contributed by atoms with Crippen LogP contribution in [0.4, 0.5) is 0 Å². The van der Waals surface area contributed by atoms with Gasteiger partial charge < -0.3 is 19.4 Å². The third kappa shape index (κ3) is 65.2. The second-order valence-electron chi connectivity index (χ2n) is 37.9. The van der Waals surface area contributed by atoms with Crippen LogP contribution in [-0.2, 0) is 58.9 Å². The number of allylic oxidation sites excluding steroid dienone is 4. The zero-order chi connectivity index (χ0) is 85.6. The molecule has 0 aliphatic carbocycles. The molecule has 0 N–H and O–H groups in total. The molecule has 0 aromatic heterocycles. The second-order valence-corrected chi connectivity index (χ2v) is 37.9. The van der Waals surface area contributed by atoms with Crippen LogP contribution >= 0.6 is 0 Å². The first-order valence-electron chi connectivity index (χ1n) is 54.8. The molecule has 0 saturated carbocycles. The average Bonchev–Trinajstić information content (AvgIpc) is 1.60. The van der Waals surface area contributed by atoms with Crippen LogP contribution in [0.3, 0.4) is 0 Å². The minimum atomic E-state index is 0. The molecule has 696 valence electrons. The summed E-state index contributed by atoms with van der Waals surface area (Å²) in [5, 5.41) is 0. The van der Waals surface area contributed by atoms with Gasteiger partial charge in [0.05, 0.1) is 5.57 Å². The number of aryl methyl sites for hydroxylation is 4. The van der Waals surface area contributed by atoms with Crippen molar-refractivity contribution in [1.82, 2.24) is 0 Å². The van der Waals surface area contributed by atoms with Crippen molar-refractivity contribution in [2.24, 2.45) is 0 Å². The Bertz CT molecular complexity index is 2420. The number of benzene rings is 2. The normalized spacial score (nSPS) is 12.3. The first kappa shape index (κ1) is 117. The van der Waals surface area contributed by atoms with Crippen LogP contribution < -0.4 is 0 Å². The maximum atomic E-state index is 13.2. The van der Waals surface area contributed by atoms with E-state index in [2.05, 4.69) is 120 Å². The predicted molar refractivity (Wildman–Crippen MR) is 539 cm³/mol. The van der Waals surface area contributed by atoms with E-state index < -0.39 is 0 Å². The zero-order valence-corrected chi connectivity index (χ0v) is 84.5. The molecule has 0 amide bonds. The molecule has 0 bridgehead atoms. The van der Waals surface area contributed by atoms with Gasteiger partial charge in [0.25, 0.3) is 0 Å². The molecule has 0 unspecified atom stereocenters. The summed E-state index contributed by atoms with van der Waals surface area (Å²) in [5.74, 6) is 0. The molecule has 2 nitrogen and oxygen atoms in total. The van der Waals surface area contributed by atoms with Crippen molar-refractivity contribution < 1.29 is 25.1 Å². The molecular weight excluding hydrogens is 1530 g/mol. The van der Waals surface area contributed by atoms with Crippen molar-refractivity contribution in [2.45, 2.75) is 621 Å². The Morgan fingerprint density at radius 1 is 0.227 bits per heavy atom. The Kier molecular flexibility index (Phi) is 90.5. The molecule has 0 atom stereocenters. The van der Waals surface area contributed by atoms with Gasteiger partial charge in [-0.05, 0) is 160 Å². The number of rotatable bonds is 87. The van der Waals surface area contributed by atoms with E-state index >= 15 is 0 Å². The van der Waals surface area contributed by atoms with Crippen LogP contribution in [0, 0.1) is 13.8 Å². The molecular formula is C116H212N2Pd. The van der Waals surface area contributed by atoms with Crippen LogP contribution in [-0.4, -0.2) is 4.70 Å². The SMILES string of the molecule is CCCCCCCCCCCCCCCCCCCCCC=CC1=C(c2cc(CCCC)c(CCCCCC)c(CCCC)c2)[N+](=[N-])C(c2cc(CCCC)c(CCCCCC)c(CCCC)c2)=C1CCCCC.[CH2-]CCCCCCCCCCCCCCCCCCCCC.[CH2-]CCCCCCCCCCCCCCCCCCCCC.[Pd+2]. The van der Waals surface area contributed by atoms with Gasteiger partial charge in [0.1, 0.15) is 0 Å². The molecule has 1 heterocycles. The zero-order valence-electron chi connectivity index (χ0n) is 82.9. The third-order valence-corrected chi connectivity index (χ3v) is 26.5. The van der Waals surface area contributed by atoms with E-state index in [-0.39, 0.29) is 20.4 Å². The van der Waals surface area contributed by atoms with Gasteiger partial charge in [-0.3, -0.25) is 0 Å². The van der Waals surface area contributed by atoms with Crippen molar-refractivity contribution in [3.63, 3.8) is 0 Å². The molecule has 0 radical (unpaired) electrons. The monoisotopic (exact) mass is 1740 g/mol. The Morgan fingerprint density at radius 3 is 0.655 bits per heavy atom. The van der Waals surface area contributed by atoms with Crippen molar-refractivity contribution in [1.29, 1.82) is 0 Å². The molecule has 3 heteroatoms. The van der Waals surface area contributed by atoms with Crippen LogP contribution in [0.1, 0.15) is 627 Å². The Morgan fingerprint density at radius 2 is 0.420 bits per heavy atom. The van der Waals surface area contributed by atoms with Crippen molar-refractivity contribution >= 4 is 11.4 Å². The van der Waals surface area contributed by atoms with E-state index in [1.165, 1.54) is 517 Å². The van der Waals surface area contributed by atoms with Gasteiger partial charge in [0.15, 0.2) is 0 Å². The quantitative estimate of drug-likeness (QED) is 0.0273.